The molecule has 0 radical (unpaired) electrons. The first-order valence-corrected chi connectivity index (χ1v) is 13.0. The number of thioether (sulfide) groups is 1. The second kappa shape index (κ2) is 10.9. The summed E-state index contributed by atoms with van der Waals surface area (Å²) in [7, 11) is -2.66. The zero-order valence-corrected chi connectivity index (χ0v) is 21.3. The summed E-state index contributed by atoms with van der Waals surface area (Å²) in [5, 5.41) is 2.78. The van der Waals surface area contributed by atoms with Crippen molar-refractivity contribution in [2.45, 2.75) is 49.7 Å². The van der Waals surface area contributed by atoms with Gasteiger partial charge < -0.3 is 14.8 Å². The second-order valence-electron chi connectivity index (χ2n) is 8.68. The van der Waals surface area contributed by atoms with E-state index in [1.54, 1.807) is 20.8 Å². The number of nitrogens with zero attached hydrogens (tertiary/aromatic N) is 3. The molecule has 0 bridgehead atoms. The van der Waals surface area contributed by atoms with Crippen molar-refractivity contribution in [2.24, 2.45) is 0 Å². The van der Waals surface area contributed by atoms with Crippen LogP contribution in [0.25, 0.3) is 0 Å². The Morgan fingerprint density at radius 1 is 1.29 bits per heavy atom. The SMILES string of the molecule is COc1cc(NS(=O)(=O)N2CC[C@H](NC(=O)OC(C)(C)C)C2)nc(SCc2cccc(F)c2F)n1. The predicted octanol–water partition coefficient (Wildman–Crippen LogP) is 3.31. The lowest BCUT2D eigenvalue weighted by Gasteiger charge is -2.22. The minimum absolute atomic E-state index is 0.0209. The van der Waals surface area contributed by atoms with Gasteiger partial charge in [-0.2, -0.15) is 17.7 Å². The van der Waals surface area contributed by atoms with Crippen molar-refractivity contribution in [3.63, 3.8) is 0 Å². The maximum Gasteiger partial charge on any atom is 0.407 e. The van der Waals surface area contributed by atoms with Crippen LogP contribution in [0.4, 0.5) is 19.4 Å². The summed E-state index contributed by atoms with van der Waals surface area (Å²) in [5.74, 6) is -1.87. The Balaban J connectivity index is 1.66. The molecule has 0 spiro atoms. The van der Waals surface area contributed by atoms with Crippen LogP contribution < -0.4 is 14.8 Å². The minimum Gasteiger partial charge on any atom is -0.481 e. The Morgan fingerprint density at radius 3 is 2.71 bits per heavy atom. The van der Waals surface area contributed by atoms with E-state index in [0.29, 0.717) is 6.42 Å². The number of halogens is 2. The molecule has 1 aromatic carbocycles. The molecule has 3 rings (SSSR count). The predicted molar refractivity (Wildman–Crippen MR) is 126 cm³/mol. The van der Waals surface area contributed by atoms with Gasteiger partial charge in [-0.3, -0.25) is 4.72 Å². The third-order valence-corrected chi connectivity index (χ3v) is 7.10. The van der Waals surface area contributed by atoms with E-state index in [1.165, 1.54) is 29.6 Å². The highest BCUT2D eigenvalue weighted by Gasteiger charge is 2.33. The molecule has 0 aliphatic carbocycles. The van der Waals surface area contributed by atoms with Crippen LogP contribution in [0.1, 0.15) is 32.8 Å². The van der Waals surface area contributed by atoms with Gasteiger partial charge in [-0.25, -0.2) is 18.6 Å². The lowest BCUT2D eigenvalue weighted by atomic mass is 10.2. The van der Waals surface area contributed by atoms with Gasteiger partial charge in [0, 0.05) is 36.5 Å². The van der Waals surface area contributed by atoms with Crippen LogP contribution in [0.5, 0.6) is 5.88 Å². The molecule has 1 aliphatic rings. The number of benzene rings is 1. The van der Waals surface area contributed by atoms with E-state index in [-0.39, 0.29) is 41.3 Å². The smallest absolute Gasteiger partial charge is 0.407 e. The maximum absolute atomic E-state index is 13.9. The molecule has 2 N–H and O–H groups in total. The largest absolute Gasteiger partial charge is 0.481 e. The molecule has 1 saturated heterocycles. The van der Waals surface area contributed by atoms with Gasteiger partial charge >= 0.3 is 16.3 Å². The number of anilines is 1. The number of rotatable bonds is 8. The van der Waals surface area contributed by atoms with E-state index in [1.807, 2.05) is 0 Å². The Bertz CT molecular complexity index is 1180. The third-order valence-electron chi connectivity index (χ3n) is 4.72. The average molecular weight is 532 g/mol. The van der Waals surface area contributed by atoms with E-state index >= 15 is 0 Å². The van der Waals surface area contributed by atoms with Crippen LogP contribution in [0.2, 0.25) is 0 Å². The Hall–Kier alpha value is -2.71. The first kappa shape index (κ1) is 26.9. The van der Waals surface area contributed by atoms with Crippen LogP contribution in [0, 0.1) is 11.6 Å². The van der Waals surface area contributed by atoms with Crippen LogP contribution >= 0.6 is 11.8 Å². The first-order valence-electron chi connectivity index (χ1n) is 10.6. The molecule has 0 saturated carbocycles. The van der Waals surface area contributed by atoms with E-state index in [9.17, 15) is 22.0 Å². The van der Waals surface area contributed by atoms with Crippen LogP contribution in [-0.2, 0) is 20.7 Å². The highest BCUT2D eigenvalue weighted by Crippen LogP contribution is 2.26. The van der Waals surface area contributed by atoms with Gasteiger partial charge in [0.1, 0.15) is 11.4 Å². The van der Waals surface area contributed by atoms with Crippen LogP contribution in [0.15, 0.2) is 29.4 Å². The first-order chi connectivity index (χ1) is 16.4. The molecule has 0 unspecified atom stereocenters. The number of ether oxygens (including phenoxy) is 2. The van der Waals surface area contributed by atoms with E-state index in [2.05, 4.69) is 20.0 Å². The molecular weight excluding hydrogens is 504 g/mol. The maximum atomic E-state index is 13.9. The number of methoxy groups -OCH3 is 1. The van der Waals surface area contributed by atoms with E-state index < -0.39 is 39.6 Å². The Labute approximate surface area is 207 Å². The van der Waals surface area contributed by atoms with E-state index in [4.69, 9.17) is 9.47 Å². The summed E-state index contributed by atoms with van der Waals surface area (Å²) in [6, 6.07) is 4.74. The molecule has 1 aliphatic heterocycles. The van der Waals surface area contributed by atoms with Gasteiger partial charge in [-0.05, 0) is 33.3 Å². The second-order valence-corrected chi connectivity index (χ2v) is 11.3. The van der Waals surface area contributed by atoms with Crippen molar-refractivity contribution in [3.05, 3.63) is 41.5 Å². The lowest BCUT2D eigenvalue weighted by molar-refractivity contribution is 0.0507. The van der Waals surface area contributed by atoms with Gasteiger partial charge in [0.25, 0.3) is 0 Å². The lowest BCUT2D eigenvalue weighted by Crippen LogP contribution is -2.42. The molecule has 1 atom stereocenters. The fourth-order valence-corrected chi connectivity index (χ4v) is 5.21. The number of aromatic nitrogens is 2. The number of hydrogen-bond acceptors (Lipinski definition) is 8. The Morgan fingerprint density at radius 2 is 2.03 bits per heavy atom. The number of amides is 1. The summed E-state index contributed by atoms with van der Waals surface area (Å²) in [5.41, 5.74) is -0.553. The van der Waals surface area contributed by atoms with Gasteiger partial charge in [-0.1, -0.05) is 23.9 Å². The third kappa shape index (κ3) is 7.64. The van der Waals surface area contributed by atoms with Crippen molar-refractivity contribution >= 4 is 33.9 Å². The number of carbonyl (C=O) groups is 1. The molecule has 1 fully saturated rings. The molecule has 1 amide bonds. The molecule has 14 heteroatoms. The van der Waals surface area contributed by atoms with Gasteiger partial charge in [-0.15, -0.1) is 0 Å². The number of carbonyl (C=O) groups excluding carboxylic acids is 1. The Kier molecular flexibility index (Phi) is 8.38. The molecule has 10 nitrogen and oxygen atoms in total. The summed E-state index contributed by atoms with van der Waals surface area (Å²) < 4.78 is 67.1. The van der Waals surface area contributed by atoms with Gasteiger partial charge in [0.15, 0.2) is 16.8 Å². The summed E-state index contributed by atoms with van der Waals surface area (Å²) in [6.07, 6.45) is -0.209. The van der Waals surface area contributed by atoms with Crippen molar-refractivity contribution in [2.75, 3.05) is 24.9 Å². The van der Waals surface area contributed by atoms with Crippen molar-refractivity contribution in [1.82, 2.24) is 19.6 Å². The molecule has 2 heterocycles. The normalized spacial score (nSPS) is 16.7. The quantitative estimate of drug-likeness (QED) is 0.393. The summed E-state index contributed by atoms with van der Waals surface area (Å²) in [6.45, 7) is 5.44. The highest BCUT2D eigenvalue weighted by atomic mass is 32.2. The zero-order chi connectivity index (χ0) is 25.8. The topological polar surface area (TPSA) is 123 Å². The fraction of sp³-hybridized carbons (Fsp3) is 0.476. The molecule has 35 heavy (non-hydrogen) atoms. The van der Waals surface area contributed by atoms with Crippen molar-refractivity contribution < 1.29 is 31.5 Å². The standard InChI is InChI=1S/C21H27F2N5O5S2/c1-21(2,3)33-20(29)24-14-8-9-28(11-14)35(30,31)27-16-10-17(32-4)26-19(25-16)34-12-13-6-5-7-15(22)18(13)23/h5-7,10,14H,8-9,11-12H2,1-4H3,(H,24,29)(H,25,26,27)/t14-/m0/s1. The van der Waals surface area contributed by atoms with Gasteiger partial charge in [0.2, 0.25) is 5.88 Å². The summed E-state index contributed by atoms with van der Waals surface area (Å²) >= 11 is 0.991. The molecule has 192 valence electrons. The van der Waals surface area contributed by atoms with Crippen molar-refractivity contribution in [3.8, 4) is 5.88 Å². The fourth-order valence-electron chi connectivity index (χ4n) is 3.16. The highest BCUT2D eigenvalue weighted by molar-refractivity contribution is 7.98. The van der Waals surface area contributed by atoms with Crippen molar-refractivity contribution in [1.29, 1.82) is 0 Å². The number of alkyl carbamates (subject to hydrolysis) is 1. The van der Waals surface area contributed by atoms with Gasteiger partial charge in [0.05, 0.1) is 7.11 Å². The van der Waals surface area contributed by atoms with Crippen LogP contribution in [0.3, 0.4) is 0 Å². The average Bonchev–Trinajstić information content (AvgIpc) is 3.22. The number of nitrogens with one attached hydrogen (secondary N) is 2. The monoisotopic (exact) mass is 531 g/mol. The summed E-state index contributed by atoms with van der Waals surface area (Å²) in [4.78, 5) is 20.3. The minimum atomic E-state index is -4.01. The molecule has 2 aromatic rings. The zero-order valence-electron chi connectivity index (χ0n) is 19.7. The molecule has 1 aromatic heterocycles. The number of hydrogen-bond donors (Lipinski definition) is 2. The van der Waals surface area contributed by atoms with E-state index in [0.717, 1.165) is 17.8 Å². The van der Waals surface area contributed by atoms with Crippen LogP contribution in [-0.4, -0.2) is 60.6 Å². The molecular formula is C21H27F2N5O5S2.